The molecule has 1 heterocycles. The number of hydrogen-bond donors (Lipinski definition) is 1. The topological polar surface area (TPSA) is 77.5 Å². The van der Waals surface area contributed by atoms with Crippen molar-refractivity contribution in [2.75, 3.05) is 19.5 Å². The molecule has 1 unspecified atom stereocenters. The largest absolute Gasteiger partial charge is 0.469 e. The van der Waals surface area contributed by atoms with Crippen LogP contribution in [0.15, 0.2) is 28.9 Å². The molecule has 24 heavy (non-hydrogen) atoms. The van der Waals surface area contributed by atoms with Gasteiger partial charge in [0.25, 0.3) is 0 Å². The van der Waals surface area contributed by atoms with Gasteiger partial charge >= 0.3 is 11.9 Å². The predicted octanol–water partition coefficient (Wildman–Crippen LogP) is 3.21. The number of fused-ring (bicyclic) bond motifs is 1. The van der Waals surface area contributed by atoms with Crippen molar-refractivity contribution in [1.29, 1.82) is 0 Å². The summed E-state index contributed by atoms with van der Waals surface area (Å²) in [6, 6.07) is 5.17. The van der Waals surface area contributed by atoms with E-state index in [1.165, 1.54) is 14.2 Å². The third-order valence-corrected chi connectivity index (χ3v) is 4.42. The molecule has 0 aliphatic heterocycles. The molecule has 1 aromatic carbocycles. The molecule has 0 aliphatic rings. The highest BCUT2D eigenvalue weighted by molar-refractivity contribution is 9.10. The van der Waals surface area contributed by atoms with Gasteiger partial charge in [0.1, 0.15) is 11.9 Å². The zero-order valence-corrected chi connectivity index (χ0v) is 15.3. The van der Waals surface area contributed by atoms with Gasteiger partial charge in [-0.3, -0.25) is 4.79 Å². The second-order valence-electron chi connectivity index (χ2n) is 5.28. The molecule has 0 fully saturated rings. The van der Waals surface area contributed by atoms with Gasteiger partial charge in [-0.2, -0.15) is 0 Å². The number of ether oxygens (including phenoxy) is 2. The molecule has 0 spiro atoms. The maximum atomic E-state index is 12.0. The van der Waals surface area contributed by atoms with Crippen LogP contribution in [0.3, 0.4) is 0 Å². The Morgan fingerprint density at radius 3 is 2.67 bits per heavy atom. The Morgan fingerprint density at radius 2 is 2.00 bits per heavy atom. The lowest BCUT2D eigenvalue weighted by molar-refractivity contribution is -0.143. The SMILES string of the molecule is COC(=O)CCC(Nc1nccc2c(C)ccc(Br)c12)C(=O)OC. The molecule has 0 bridgehead atoms. The van der Waals surface area contributed by atoms with Crippen molar-refractivity contribution < 1.29 is 19.1 Å². The van der Waals surface area contributed by atoms with E-state index in [1.54, 1.807) is 6.20 Å². The number of carbonyl (C=O) groups is 2. The molecule has 0 saturated carbocycles. The molecular formula is C17H19BrN2O4. The number of aryl methyl sites for hydroxylation is 1. The average molecular weight is 395 g/mol. The van der Waals surface area contributed by atoms with Crippen LogP contribution >= 0.6 is 15.9 Å². The molecule has 6 nitrogen and oxygen atoms in total. The van der Waals surface area contributed by atoms with Gasteiger partial charge in [0, 0.05) is 22.5 Å². The number of nitrogens with one attached hydrogen (secondary N) is 1. The number of nitrogens with zero attached hydrogens (tertiary/aromatic N) is 1. The second-order valence-corrected chi connectivity index (χ2v) is 6.14. The molecule has 1 aromatic heterocycles. The minimum Gasteiger partial charge on any atom is -0.469 e. The normalized spacial score (nSPS) is 11.8. The summed E-state index contributed by atoms with van der Waals surface area (Å²) in [5, 5.41) is 5.00. The highest BCUT2D eigenvalue weighted by atomic mass is 79.9. The fourth-order valence-electron chi connectivity index (χ4n) is 2.43. The molecular weight excluding hydrogens is 376 g/mol. The first-order chi connectivity index (χ1) is 11.5. The van der Waals surface area contributed by atoms with Crippen molar-refractivity contribution in [2.45, 2.75) is 25.8 Å². The lowest BCUT2D eigenvalue weighted by Gasteiger charge is -2.18. The number of anilines is 1. The van der Waals surface area contributed by atoms with Crippen LogP contribution in [0.2, 0.25) is 0 Å². The minimum absolute atomic E-state index is 0.105. The van der Waals surface area contributed by atoms with E-state index in [0.717, 1.165) is 20.8 Å². The maximum absolute atomic E-state index is 12.0. The Morgan fingerprint density at radius 1 is 1.25 bits per heavy atom. The number of halogens is 1. The first-order valence-corrected chi connectivity index (χ1v) is 8.22. The van der Waals surface area contributed by atoms with Gasteiger partial charge in [0.15, 0.2) is 0 Å². The minimum atomic E-state index is -0.695. The smallest absolute Gasteiger partial charge is 0.328 e. The van der Waals surface area contributed by atoms with E-state index in [-0.39, 0.29) is 18.8 Å². The standard InChI is InChI=1S/C17H19BrN2O4/c1-10-4-5-12(18)15-11(10)8-9-19-16(15)20-13(17(22)24-3)6-7-14(21)23-2/h4-5,8-9,13H,6-7H2,1-3H3,(H,19,20). The number of pyridine rings is 1. The van der Waals surface area contributed by atoms with Gasteiger partial charge in [0.2, 0.25) is 0 Å². The summed E-state index contributed by atoms with van der Waals surface area (Å²) in [6.07, 6.45) is 2.04. The van der Waals surface area contributed by atoms with Crippen LogP contribution in [-0.4, -0.2) is 37.2 Å². The molecule has 0 aliphatic carbocycles. The fourth-order valence-corrected chi connectivity index (χ4v) is 2.97. The van der Waals surface area contributed by atoms with Crippen LogP contribution in [0.5, 0.6) is 0 Å². The Bertz CT molecular complexity index is 764. The number of benzene rings is 1. The summed E-state index contributed by atoms with van der Waals surface area (Å²) in [6.45, 7) is 2.01. The third-order valence-electron chi connectivity index (χ3n) is 3.76. The summed E-state index contributed by atoms with van der Waals surface area (Å²) >= 11 is 3.53. The molecule has 0 amide bonds. The van der Waals surface area contributed by atoms with Crippen molar-refractivity contribution >= 4 is 44.5 Å². The van der Waals surface area contributed by atoms with E-state index in [1.807, 2.05) is 25.1 Å². The van der Waals surface area contributed by atoms with Crippen molar-refractivity contribution in [1.82, 2.24) is 4.98 Å². The quantitative estimate of drug-likeness (QED) is 0.757. The zero-order valence-electron chi connectivity index (χ0n) is 13.8. The van der Waals surface area contributed by atoms with E-state index in [0.29, 0.717) is 5.82 Å². The van der Waals surface area contributed by atoms with Crippen molar-refractivity contribution in [3.8, 4) is 0 Å². The number of rotatable bonds is 6. The number of aromatic nitrogens is 1. The molecule has 0 saturated heterocycles. The molecule has 128 valence electrons. The lowest BCUT2D eigenvalue weighted by Crippen LogP contribution is -2.32. The predicted molar refractivity (Wildman–Crippen MR) is 94.9 cm³/mol. The Kier molecular flexibility index (Phi) is 6.14. The first-order valence-electron chi connectivity index (χ1n) is 7.43. The Labute approximate surface area is 148 Å². The van der Waals surface area contributed by atoms with Gasteiger partial charge < -0.3 is 14.8 Å². The lowest BCUT2D eigenvalue weighted by atomic mass is 10.1. The summed E-state index contributed by atoms with van der Waals surface area (Å²) in [7, 11) is 2.63. The zero-order chi connectivity index (χ0) is 17.7. The first kappa shape index (κ1) is 18.2. The summed E-state index contributed by atoms with van der Waals surface area (Å²) in [4.78, 5) is 27.7. The van der Waals surface area contributed by atoms with Gasteiger partial charge in [-0.15, -0.1) is 0 Å². The van der Waals surface area contributed by atoms with E-state index in [4.69, 9.17) is 4.74 Å². The third kappa shape index (κ3) is 4.03. The Balaban J connectivity index is 2.35. The van der Waals surface area contributed by atoms with Crippen LogP contribution in [0.4, 0.5) is 5.82 Å². The van der Waals surface area contributed by atoms with E-state index >= 15 is 0 Å². The monoisotopic (exact) mass is 394 g/mol. The summed E-state index contributed by atoms with van der Waals surface area (Å²) in [5.41, 5.74) is 1.10. The van der Waals surface area contributed by atoms with Gasteiger partial charge in [-0.25, -0.2) is 9.78 Å². The van der Waals surface area contributed by atoms with E-state index in [2.05, 4.69) is 31.0 Å². The molecule has 1 atom stereocenters. The van der Waals surface area contributed by atoms with Crippen LogP contribution in [0.1, 0.15) is 18.4 Å². The van der Waals surface area contributed by atoms with Crippen molar-refractivity contribution in [3.05, 3.63) is 34.4 Å². The number of esters is 2. The Hall–Kier alpha value is -2.15. The summed E-state index contributed by atoms with van der Waals surface area (Å²) in [5.74, 6) is -0.279. The summed E-state index contributed by atoms with van der Waals surface area (Å²) < 4.78 is 10.3. The molecule has 7 heteroatoms. The number of carbonyl (C=O) groups excluding carboxylic acids is 2. The van der Waals surface area contributed by atoms with E-state index < -0.39 is 12.0 Å². The van der Waals surface area contributed by atoms with Crippen LogP contribution in [0.25, 0.3) is 10.8 Å². The van der Waals surface area contributed by atoms with Crippen LogP contribution < -0.4 is 5.32 Å². The van der Waals surface area contributed by atoms with E-state index in [9.17, 15) is 9.59 Å². The van der Waals surface area contributed by atoms with Gasteiger partial charge in [-0.05, 0) is 36.4 Å². The molecule has 1 N–H and O–H groups in total. The molecule has 2 rings (SSSR count). The second kappa shape index (κ2) is 8.10. The van der Waals surface area contributed by atoms with Crippen LogP contribution in [-0.2, 0) is 19.1 Å². The number of methoxy groups -OCH3 is 2. The fraction of sp³-hybridized carbons (Fsp3) is 0.353. The van der Waals surface area contributed by atoms with Gasteiger partial charge in [0.05, 0.1) is 14.2 Å². The van der Waals surface area contributed by atoms with Crippen molar-refractivity contribution in [3.63, 3.8) is 0 Å². The van der Waals surface area contributed by atoms with Crippen LogP contribution in [0, 0.1) is 6.92 Å². The van der Waals surface area contributed by atoms with Gasteiger partial charge in [-0.1, -0.05) is 22.0 Å². The molecule has 0 radical (unpaired) electrons. The maximum Gasteiger partial charge on any atom is 0.328 e. The molecule has 2 aromatic rings. The highest BCUT2D eigenvalue weighted by Gasteiger charge is 2.22. The van der Waals surface area contributed by atoms with Crippen molar-refractivity contribution in [2.24, 2.45) is 0 Å². The number of hydrogen-bond acceptors (Lipinski definition) is 6. The highest BCUT2D eigenvalue weighted by Crippen LogP contribution is 2.32. The average Bonchev–Trinajstić information content (AvgIpc) is 2.60.